The number of hydrogen-bond donors (Lipinski definition) is 1. The predicted octanol–water partition coefficient (Wildman–Crippen LogP) is 3.45. The first-order valence-electron chi connectivity index (χ1n) is 8.64. The highest BCUT2D eigenvalue weighted by Gasteiger charge is 2.46. The highest BCUT2D eigenvalue weighted by atomic mass is 35.5. The molecule has 6 nitrogen and oxygen atoms in total. The maximum Gasteiger partial charge on any atom is 0.340 e. The standard InChI is InChI=1S/C20H17ClN2O4/c1-11-6-7-12(10-15(11)21)22-18(25)16-8-9-17(24)23(16)19-13-4-2-3-5-14(13)20(26)27-19/h2-7,10,16,19H,8-9H2,1H3,(H,22,25)/t16-,19+/m0/s1. The van der Waals surface area contributed by atoms with Gasteiger partial charge in [-0.05, 0) is 37.1 Å². The third-order valence-electron chi connectivity index (χ3n) is 4.92. The summed E-state index contributed by atoms with van der Waals surface area (Å²) in [7, 11) is 0. The summed E-state index contributed by atoms with van der Waals surface area (Å²) in [6.07, 6.45) is -0.287. The molecule has 0 saturated carbocycles. The van der Waals surface area contributed by atoms with E-state index < -0.39 is 18.2 Å². The van der Waals surface area contributed by atoms with Crippen LogP contribution in [0.15, 0.2) is 42.5 Å². The van der Waals surface area contributed by atoms with Gasteiger partial charge in [0.1, 0.15) is 6.04 Å². The quantitative estimate of drug-likeness (QED) is 0.822. The number of halogens is 1. The smallest absolute Gasteiger partial charge is 0.340 e. The van der Waals surface area contributed by atoms with Gasteiger partial charge in [-0.1, -0.05) is 35.9 Å². The molecule has 1 N–H and O–H groups in total. The summed E-state index contributed by atoms with van der Waals surface area (Å²) in [5, 5.41) is 3.35. The Morgan fingerprint density at radius 2 is 2.00 bits per heavy atom. The van der Waals surface area contributed by atoms with Crippen LogP contribution >= 0.6 is 11.6 Å². The number of nitrogens with one attached hydrogen (secondary N) is 1. The highest BCUT2D eigenvalue weighted by molar-refractivity contribution is 6.31. The molecule has 2 aromatic carbocycles. The van der Waals surface area contributed by atoms with Gasteiger partial charge in [0.2, 0.25) is 18.0 Å². The van der Waals surface area contributed by atoms with Gasteiger partial charge >= 0.3 is 5.97 Å². The monoisotopic (exact) mass is 384 g/mol. The number of aryl methyl sites for hydroxylation is 1. The Kier molecular flexibility index (Phi) is 4.36. The lowest BCUT2D eigenvalue weighted by Gasteiger charge is -2.29. The Bertz CT molecular complexity index is 959. The summed E-state index contributed by atoms with van der Waals surface area (Å²) in [5.41, 5.74) is 2.49. The average molecular weight is 385 g/mol. The van der Waals surface area contributed by atoms with E-state index >= 15 is 0 Å². The molecule has 0 radical (unpaired) electrons. The number of hydrogen-bond acceptors (Lipinski definition) is 4. The Morgan fingerprint density at radius 1 is 1.22 bits per heavy atom. The van der Waals surface area contributed by atoms with E-state index in [1.54, 1.807) is 36.4 Å². The van der Waals surface area contributed by atoms with E-state index in [0.29, 0.717) is 28.3 Å². The lowest BCUT2D eigenvalue weighted by Crippen LogP contribution is -2.43. The Labute approximate surface area is 161 Å². The van der Waals surface area contributed by atoms with E-state index in [-0.39, 0.29) is 18.2 Å². The van der Waals surface area contributed by atoms with Crippen LogP contribution in [0, 0.1) is 6.92 Å². The second kappa shape index (κ2) is 6.70. The minimum absolute atomic E-state index is 0.216. The summed E-state index contributed by atoms with van der Waals surface area (Å²) >= 11 is 6.11. The number of esters is 1. The summed E-state index contributed by atoms with van der Waals surface area (Å²) < 4.78 is 5.42. The fourth-order valence-electron chi connectivity index (χ4n) is 3.48. The third kappa shape index (κ3) is 3.06. The number of rotatable bonds is 3. The van der Waals surface area contributed by atoms with E-state index in [4.69, 9.17) is 16.3 Å². The number of anilines is 1. The van der Waals surface area contributed by atoms with Crippen molar-refractivity contribution in [3.8, 4) is 0 Å². The van der Waals surface area contributed by atoms with Gasteiger partial charge in [-0.15, -0.1) is 0 Å². The number of carbonyl (C=O) groups excluding carboxylic acids is 3. The Balaban J connectivity index is 1.59. The molecular formula is C20H17ClN2O4. The van der Waals surface area contributed by atoms with Crippen LogP contribution in [-0.2, 0) is 14.3 Å². The molecule has 0 unspecified atom stereocenters. The van der Waals surface area contributed by atoms with Crippen LogP contribution in [0.4, 0.5) is 5.69 Å². The van der Waals surface area contributed by atoms with Crippen LogP contribution < -0.4 is 5.32 Å². The largest absolute Gasteiger partial charge is 0.433 e. The van der Waals surface area contributed by atoms with Gasteiger partial charge in [-0.2, -0.15) is 0 Å². The number of ether oxygens (including phenoxy) is 1. The molecule has 2 heterocycles. The number of carbonyl (C=O) groups is 3. The molecule has 0 aliphatic carbocycles. The molecular weight excluding hydrogens is 368 g/mol. The van der Waals surface area contributed by atoms with Crippen LogP contribution in [0.2, 0.25) is 5.02 Å². The SMILES string of the molecule is Cc1ccc(NC(=O)[C@@H]2CCC(=O)N2[C@@H]2OC(=O)c3ccccc32)cc1Cl. The van der Waals surface area contributed by atoms with Gasteiger partial charge in [0.15, 0.2) is 0 Å². The molecule has 0 aromatic heterocycles. The van der Waals surface area contributed by atoms with E-state index in [0.717, 1.165) is 5.56 Å². The molecule has 2 aliphatic rings. The molecule has 27 heavy (non-hydrogen) atoms. The van der Waals surface area contributed by atoms with Crippen molar-refractivity contribution in [2.24, 2.45) is 0 Å². The zero-order chi connectivity index (χ0) is 19.1. The number of likely N-dealkylation sites (tertiary alicyclic amines) is 1. The maximum atomic E-state index is 12.8. The van der Waals surface area contributed by atoms with Crippen molar-refractivity contribution in [3.63, 3.8) is 0 Å². The summed E-state index contributed by atoms with van der Waals surface area (Å²) in [6.45, 7) is 1.87. The lowest BCUT2D eigenvalue weighted by atomic mass is 10.1. The van der Waals surface area contributed by atoms with E-state index in [9.17, 15) is 14.4 Å². The molecule has 7 heteroatoms. The van der Waals surface area contributed by atoms with Gasteiger partial charge in [0.05, 0.1) is 5.56 Å². The minimum atomic E-state index is -0.874. The van der Waals surface area contributed by atoms with Crippen molar-refractivity contribution in [1.82, 2.24) is 4.90 Å². The first kappa shape index (κ1) is 17.5. The molecule has 2 amide bonds. The summed E-state index contributed by atoms with van der Waals surface area (Å²) in [4.78, 5) is 38.8. The van der Waals surface area contributed by atoms with E-state index in [1.165, 1.54) is 4.90 Å². The zero-order valence-electron chi connectivity index (χ0n) is 14.6. The third-order valence-corrected chi connectivity index (χ3v) is 5.32. The maximum absolute atomic E-state index is 12.8. The molecule has 2 aliphatic heterocycles. The number of benzene rings is 2. The number of fused-ring (bicyclic) bond motifs is 1. The molecule has 1 saturated heterocycles. The second-order valence-corrected chi connectivity index (χ2v) is 7.06. The normalized spacial score (nSPS) is 21.2. The van der Waals surface area contributed by atoms with Crippen molar-refractivity contribution < 1.29 is 19.1 Å². The van der Waals surface area contributed by atoms with Crippen LogP contribution in [-0.4, -0.2) is 28.7 Å². The van der Waals surface area contributed by atoms with Crippen molar-refractivity contribution in [2.75, 3.05) is 5.32 Å². The fraction of sp³-hybridized carbons (Fsp3) is 0.250. The fourth-order valence-corrected chi connectivity index (χ4v) is 3.66. The number of cyclic esters (lactones) is 1. The van der Waals surface area contributed by atoms with E-state index in [2.05, 4.69) is 5.32 Å². The van der Waals surface area contributed by atoms with Gasteiger partial charge in [-0.3, -0.25) is 14.5 Å². The summed E-state index contributed by atoms with van der Waals surface area (Å²) in [6, 6.07) is 11.4. The molecule has 0 bridgehead atoms. The molecule has 1 fully saturated rings. The zero-order valence-corrected chi connectivity index (χ0v) is 15.3. The van der Waals surface area contributed by atoms with Gasteiger partial charge < -0.3 is 10.1 Å². The second-order valence-electron chi connectivity index (χ2n) is 6.65. The molecule has 2 atom stereocenters. The minimum Gasteiger partial charge on any atom is -0.433 e. The van der Waals surface area contributed by atoms with Crippen molar-refractivity contribution in [3.05, 3.63) is 64.2 Å². The van der Waals surface area contributed by atoms with E-state index in [1.807, 2.05) is 13.0 Å². The molecule has 138 valence electrons. The first-order valence-corrected chi connectivity index (χ1v) is 9.01. The molecule has 0 spiro atoms. The topological polar surface area (TPSA) is 75.7 Å². The van der Waals surface area contributed by atoms with Crippen molar-refractivity contribution >= 4 is 35.1 Å². The van der Waals surface area contributed by atoms with Crippen LogP contribution in [0.5, 0.6) is 0 Å². The number of nitrogens with zero attached hydrogens (tertiary/aromatic N) is 1. The van der Waals surface area contributed by atoms with Crippen LogP contribution in [0.3, 0.4) is 0 Å². The number of amides is 2. The summed E-state index contributed by atoms with van der Waals surface area (Å²) in [5.74, 6) is -1.03. The first-order chi connectivity index (χ1) is 13.0. The van der Waals surface area contributed by atoms with Gasteiger partial charge in [0.25, 0.3) is 0 Å². The predicted molar refractivity (Wildman–Crippen MR) is 99.3 cm³/mol. The molecule has 2 aromatic rings. The van der Waals surface area contributed by atoms with Gasteiger partial charge in [-0.25, -0.2) is 4.79 Å². The van der Waals surface area contributed by atoms with Crippen molar-refractivity contribution in [2.45, 2.75) is 32.0 Å². The van der Waals surface area contributed by atoms with Crippen LogP contribution in [0.1, 0.15) is 40.6 Å². The Hall–Kier alpha value is -2.86. The van der Waals surface area contributed by atoms with Gasteiger partial charge in [0, 0.05) is 22.7 Å². The Morgan fingerprint density at radius 3 is 2.78 bits per heavy atom. The van der Waals surface area contributed by atoms with Crippen LogP contribution in [0.25, 0.3) is 0 Å². The van der Waals surface area contributed by atoms with Crippen molar-refractivity contribution in [1.29, 1.82) is 0 Å². The lowest BCUT2D eigenvalue weighted by molar-refractivity contribution is -0.144. The highest BCUT2D eigenvalue weighted by Crippen LogP contribution is 2.38. The molecule has 4 rings (SSSR count). The average Bonchev–Trinajstić information content (AvgIpc) is 3.19.